The van der Waals surface area contributed by atoms with Crippen molar-refractivity contribution in [3.05, 3.63) is 108 Å². The Morgan fingerprint density at radius 3 is 1.98 bits per heavy atom. The second kappa shape index (κ2) is 12.3. The zero-order valence-electron chi connectivity index (χ0n) is 23.5. The summed E-state index contributed by atoms with van der Waals surface area (Å²) >= 11 is 0. The van der Waals surface area contributed by atoms with Crippen LogP contribution in [0.5, 0.6) is 0 Å². The van der Waals surface area contributed by atoms with Crippen molar-refractivity contribution < 1.29 is 27.5 Å². The van der Waals surface area contributed by atoms with Gasteiger partial charge in [0.1, 0.15) is 12.6 Å². The van der Waals surface area contributed by atoms with Crippen LogP contribution in [0.25, 0.3) is 0 Å². The van der Waals surface area contributed by atoms with Crippen molar-refractivity contribution >= 4 is 28.1 Å². The molecule has 1 N–H and O–H groups in total. The molecule has 2 saturated heterocycles. The van der Waals surface area contributed by atoms with E-state index < -0.39 is 40.2 Å². The Morgan fingerprint density at radius 2 is 1.43 bits per heavy atom. The minimum absolute atomic E-state index is 0.0498. The van der Waals surface area contributed by atoms with E-state index in [0.29, 0.717) is 12.8 Å². The summed E-state index contributed by atoms with van der Waals surface area (Å²) in [5, 5.41) is 0. The summed E-state index contributed by atoms with van der Waals surface area (Å²) in [7, 11) is -1.55. The molecular formula is C31H34N4O6S. The molecule has 3 atom stereocenters. The summed E-state index contributed by atoms with van der Waals surface area (Å²) in [6.45, 7) is 0.111. The fourth-order valence-corrected chi connectivity index (χ4v) is 6.34. The van der Waals surface area contributed by atoms with Gasteiger partial charge in [0.05, 0.1) is 18.0 Å². The maximum Gasteiger partial charge on any atom is 0.410 e. The number of fused-ring (bicyclic) bond motifs is 2. The largest absolute Gasteiger partial charge is 0.445 e. The lowest BCUT2D eigenvalue weighted by Gasteiger charge is -2.46. The van der Waals surface area contributed by atoms with E-state index in [1.807, 2.05) is 91.0 Å². The molecule has 3 aromatic carbocycles. The Hall–Kier alpha value is -4.22. The SMILES string of the molecule is CN(C)S(=O)(=O)NC(=O)[C@@H]1[C@H]2CC[C@@H](CN1C(=O)C(c1ccccc1)c1ccccc1)N2C(=O)OCc1ccccc1. The standard InChI is InChI=1S/C31H34N4O6S/c1-33(2)42(39,40)32-29(36)28-26-19-18-25(35(26)31(38)41-21-22-12-6-3-7-13-22)20-34(28)30(37)27(23-14-8-4-9-15-23)24-16-10-5-11-17-24/h3-17,25-28H,18-21H2,1-2H3,(H,32,36)/t25-,26+,28-/m0/s1. The molecule has 2 heterocycles. The highest BCUT2D eigenvalue weighted by Gasteiger charge is 2.54. The zero-order chi connectivity index (χ0) is 29.9. The normalized spacial score (nSPS) is 20.0. The van der Waals surface area contributed by atoms with Gasteiger partial charge >= 0.3 is 16.3 Å². The molecule has 11 heteroatoms. The molecule has 2 bridgehead atoms. The van der Waals surface area contributed by atoms with Gasteiger partial charge in [-0.3, -0.25) is 14.5 Å². The van der Waals surface area contributed by atoms with E-state index in [1.54, 1.807) is 0 Å². The highest BCUT2D eigenvalue weighted by molar-refractivity contribution is 7.87. The Bertz CT molecular complexity index is 1480. The van der Waals surface area contributed by atoms with Gasteiger partial charge in [0.25, 0.3) is 5.91 Å². The number of piperazine rings is 1. The van der Waals surface area contributed by atoms with E-state index in [9.17, 15) is 22.8 Å². The van der Waals surface area contributed by atoms with Gasteiger partial charge in [0.2, 0.25) is 5.91 Å². The van der Waals surface area contributed by atoms with Gasteiger partial charge in [-0.1, -0.05) is 91.0 Å². The molecule has 2 aliphatic heterocycles. The number of nitrogens with zero attached hydrogens (tertiary/aromatic N) is 3. The van der Waals surface area contributed by atoms with Crippen LogP contribution in [0.15, 0.2) is 91.0 Å². The molecule has 3 aromatic rings. The van der Waals surface area contributed by atoms with E-state index in [4.69, 9.17) is 4.74 Å². The Labute approximate surface area is 246 Å². The molecule has 0 radical (unpaired) electrons. The van der Waals surface area contributed by atoms with Gasteiger partial charge in [-0.05, 0) is 29.5 Å². The number of hydrogen-bond acceptors (Lipinski definition) is 6. The minimum atomic E-state index is -4.16. The maximum atomic E-state index is 14.5. The Morgan fingerprint density at radius 1 is 0.881 bits per heavy atom. The quantitative estimate of drug-likeness (QED) is 0.431. The summed E-state index contributed by atoms with van der Waals surface area (Å²) < 4.78 is 34.0. The fraction of sp³-hybridized carbons (Fsp3) is 0.323. The smallest absolute Gasteiger partial charge is 0.410 e. The average Bonchev–Trinajstić information content (AvgIpc) is 3.30. The van der Waals surface area contributed by atoms with Crippen molar-refractivity contribution in [2.24, 2.45) is 0 Å². The lowest BCUT2D eigenvalue weighted by Crippen LogP contribution is -2.67. The summed E-state index contributed by atoms with van der Waals surface area (Å²) in [5.41, 5.74) is 2.29. The highest BCUT2D eigenvalue weighted by atomic mass is 32.2. The number of hydrogen-bond donors (Lipinski definition) is 1. The molecule has 10 nitrogen and oxygen atoms in total. The van der Waals surface area contributed by atoms with Crippen LogP contribution < -0.4 is 4.72 Å². The van der Waals surface area contributed by atoms with E-state index in [2.05, 4.69) is 4.72 Å². The van der Waals surface area contributed by atoms with E-state index >= 15 is 0 Å². The lowest BCUT2D eigenvalue weighted by molar-refractivity contribution is -0.146. The summed E-state index contributed by atoms with van der Waals surface area (Å²) in [5.74, 6) is -1.95. The second-order valence-electron chi connectivity index (χ2n) is 10.7. The molecule has 2 aliphatic rings. The average molecular weight is 591 g/mol. The molecule has 5 rings (SSSR count). The first-order chi connectivity index (χ1) is 20.2. The number of carbonyl (C=O) groups excluding carboxylic acids is 3. The van der Waals surface area contributed by atoms with Gasteiger partial charge in [-0.2, -0.15) is 12.7 Å². The number of nitrogens with one attached hydrogen (secondary N) is 1. The zero-order valence-corrected chi connectivity index (χ0v) is 24.3. The molecule has 42 heavy (non-hydrogen) atoms. The number of carbonyl (C=O) groups is 3. The predicted octanol–water partition coefficient (Wildman–Crippen LogP) is 3.12. The maximum absolute atomic E-state index is 14.5. The van der Waals surface area contributed by atoms with Crippen LogP contribution in [0.3, 0.4) is 0 Å². The van der Waals surface area contributed by atoms with Gasteiger partial charge < -0.3 is 9.64 Å². The van der Waals surface area contributed by atoms with Crippen molar-refractivity contribution in [2.45, 2.75) is 43.5 Å². The van der Waals surface area contributed by atoms with Crippen LogP contribution in [0, 0.1) is 0 Å². The van der Waals surface area contributed by atoms with Crippen molar-refractivity contribution in [1.82, 2.24) is 18.8 Å². The van der Waals surface area contributed by atoms with E-state index in [-0.39, 0.29) is 25.1 Å². The summed E-state index contributed by atoms with van der Waals surface area (Å²) in [4.78, 5) is 44.6. The number of likely N-dealkylation sites (tertiary alicyclic amines) is 1. The van der Waals surface area contributed by atoms with Crippen LogP contribution in [0.1, 0.15) is 35.4 Å². The van der Waals surface area contributed by atoms with Crippen LogP contribution in [-0.2, 0) is 31.1 Å². The van der Waals surface area contributed by atoms with Crippen LogP contribution in [-0.4, -0.2) is 79.2 Å². The van der Waals surface area contributed by atoms with Gasteiger partial charge in [-0.25, -0.2) is 9.52 Å². The first kappa shape index (κ1) is 29.3. The number of rotatable bonds is 8. The third kappa shape index (κ3) is 6.02. The van der Waals surface area contributed by atoms with Crippen LogP contribution >= 0.6 is 0 Å². The number of benzene rings is 3. The van der Waals surface area contributed by atoms with E-state index in [1.165, 1.54) is 23.9 Å². The molecule has 0 unspecified atom stereocenters. The molecule has 0 aliphatic carbocycles. The first-order valence-electron chi connectivity index (χ1n) is 13.8. The molecule has 3 amide bonds. The van der Waals surface area contributed by atoms with Crippen LogP contribution in [0.2, 0.25) is 0 Å². The first-order valence-corrected chi connectivity index (χ1v) is 15.2. The van der Waals surface area contributed by atoms with Crippen molar-refractivity contribution in [2.75, 3.05) is 20.6 Å². The van der Waals surface area contributed by atoms with Crippen molar-refractivity contribution in [3.63, 3.8) is 0 Å². The lowest BCUT2D eigenvalue weighted by atomic mass is 9.88. The molecule has 0 aromatic heterocycles. The van der Waals surface area contributed by atoms with Gasteiger partial charge in [0.15, 0.2) is 0 Å². The van der Waals surface area contributed by atoms with Gasteiger partial charge in [-0.15, -0.1) is 0 Å². The van der Waals surface area contributed by atoms with Gasteiger partial charge in [0, 0.05) is 20.6 Å². The monoisotopic (exact) mass is 590 g/mol. The Balaban J connectivity index is 1.49. The predicted molar refractivity (Wildman–Crippen MR) is 156 cm³/mol. The molecule has 2 fully saturated rings. The third-order valence-electron chi connectivity index (χ3n) is 7.84. The number of amides is 3. The highest BCUT2D eigenvalue weighted by Crippen LogP contribution is 2.38. The Kier molecular flexibility index (Phi) is 8.60. The number of ether oxygens (including phenoxy) is 1. The molecular weight excluding hydrogens is 556 g/mol. The van der Waals surface area contributed by atoms with E-state index in [0.717, 1.165) is 21.0 Å². The summed E-state index contributed by atoms with van der Waals surface area (Å²) in [6.07, 6.45) is 0.353. The fourth-order valence-electron chi connectivity index (χ4n) is 5.78. The molecule has 220 valence electrons. The molecule has 0 saturated carbocycles. The second-order valence-corrected chi connectivity index (χ2v) is 12.6. The minimum Gasteiger partial charge on any atom is -0.445 e. The van der Waals surface area contributed by atoms with Crippen molar-refractivity contribution in [1.29, 1.82) is 0 Å². The third-order valence-corrected chi connectivity index (χ3v) is 9.27. The summed E-state index contributed by atoms with van der Waals surface area (Å²) in [6, 6.07) is 25.4. The van der Waals surface area contributed by atoms with Crippen LogP contribution in [0.4, 0.5) is 4.79 Å². The van der Waals surface area contributed by atoms with Crippen molar-refractivity contribution in [3.8, 4) is 0 Å². The topological polar surface area (TPSA) is 116 Å². The molecule has 0 spiro atoms.